The molecular formula is C18H15NO2. The van der Waals surface area contributed by atoms with Gasteiger partial charge in [0.05, 0.1) is 7.11 Å². The van der Waals surface area contributed by atoms with E-state index in [0.29, 0.717) is 11.3 Å². The fraction of sp³-hybridized carbons (Fsp3) is 0.111. The number of nitrogens with zero attached hydrogens (tertiary/aromatic N) is 1. The van der Waals surface area contributed by atoms with Gasteiger partial charge in [0.1, 0.15) is 17.4 Å². The normalized spacial score (nSPS) is 10.8. The average molecular weight is 277 g/mol. The minimum absolute atomic E-state index is 0.115. The molecule has 21 heavy (non-hydrogen) atoms. The maximum absolute atomic E-state index is 12.3. The van der Waals surface area contributed by atoms with E-state index >= 15 is 0 Å². The van der Waals surface area contributed by atoms with Crippen molar-refractivity contribution in [2.45, 2.75) is 6.92 Å². The van der Waals surface area contributed by atoms with E-state index in [0.717, 1.165) is 11.1 Å². The van der Waals surface area contributed by atoms with Crippen molar-refractivity contribution in [1.29, 1.82) is 5.26 Å². The van der Waals surface area contributed by atoms with Crippen molar-refractivity contribution in [1.82, 2.24) is 0 Å². The quantitative estimate of drug-likeness (QED) is 0.485. The molecule has 2 rings (SSSR count). The number of carbonyl (C=O) groups excluding carboxylic acids is 1. The highest BCUT2D eigenvalue weighted by Crippen LogP contribution is 2.16. The number of carbonyl (C=O) groups is 1. The van der Waals surface area contributed by atoms with Gasteiger partial charge in [0.25, 0.3) is 0 Å². The number of nitriles is 1. The van der Waals surface area contributed by atoms with E-state index in [9.17, 15) is 10.1 Å². The Bertz CT molecular complexity index is 704. The summed E-state index contributed by atoms with van der Waals surface area (Å²) < 4.78 is 5.05. The number of Topliss-reactive ketones (excluding diaryl/α,β-unsaturated/α-hetero) is 1. The fourth-order valence-corrected chi connectivity index (χ4v) is 1.88. The highest BCUT2D eigenvalue weighted by Gasteiger charge is 2.12. The molecule has 0 saturated carbocycles. The lowest BCUT2D eigenvalue weighted by Gasteiger charge is -2.02. The fourth-order valence-electron chi connectivity index (χ4n) is 1.88. The number of ketones is 1. The number of benzene rings is 2. The highest BCUT2D eigenvalue weighted by molar-refractivity contribution is 6.14. The van der Waals surface area contributed by atoms with Crippen molar-refractivity contribution in [2.24, 2.45) is 0 Å². The topological polar surface area (TPSA) is 50.1 Å². The van der Waals surface area contributed by atoms with Crippen LogP contribution in [0.1, 0.15) is 21.5 Å². The molecule has 3 heteroatoms. The van der Waals surface area contributed by atoms with E-state index < -0.39 is 0 Å². The monoisotopic (exact) mass is 277 g/mol. The highest BCUT2D eigenvalue weighted by atomic mass is 16.5. The molecule has 2 aromatic rings. The van der Waals surface area contributed by atoms with Crippen molar-refractivity contribution >= 4 is 11.9 Å². The molecule has 0 radical (unpaired) electrons. The summed E-state index contributed by atoms with van der Waals surface area (Å²) in [5.74, 6) is 0.383. The molecule has 0 heterocycles. The Balaban J connectivity index is 2.29. The van der Waals surface area contributed by atoms with Gasteiger partial charge in [-0.1, -0.05) is 29.8 Å². The molecule has 0 fully saturated rings. The van der Waals surface area contributed by atoms with Gasteiger partial charge in [0.15, 0.2) is 0 Å². The number of methoxy groups -OCH3 is 1. The van der Waals surface area contributed by atoms with Gasteiger partial charge in [-0.15, -0.1) is 0 Å². The Hall–Kier alpha value is -2.86. The van der Waals surface area contributed by atoms with Crippen LogP contribution < -0.4 is 4.74 Å². The van der Waals surface area contributed by atoms with Crippen LogP contribution in [0.5, 0.6) is 5.75 Å². The molecule has 0 amide bonds. The Morgan fingerprint density at radius 3 is 2.24 bits per heavy atom. The van der Waals surface area contributed by atoms with Crippen LogP contribution in [0, 0.1) is 18.3 Å². The van der Waals surface area contributed by atoms with Crippen LogP contribution in [-0.4, -0.2) is 12.9 Å². The second-order valence-corrected chi connectivity index (χ2v) is 4.64. The summed E-state index contributed by atoms with van der Waals surface area (Å²) in [7, 11) is 1.56. The lowest BCUT2D eigenvalue weighted by atomic mass is 10.0. The molecule has 0 aliphatic rings. The molecule has 0 N–H and O–H groups in total. The van der Waals surface area contributed by atoms with Gasteiger partial charge in [-0.3, -0.25) is 4.79 Å². The van der Waals surface area contributed by atoms with Crippen molar-refractivity contribution in [3.8, 4) is 11.8 Å². The Morgan fingerprint density at radius 2 is 1.71 bits per heavy atom. The zero-order chi connectivity index (χ0) is 15.2. The van der Waals surface area contributed by atoms with Crippen molar-refractivity contribution in [3.05, 3.63) is 70.8 Å². The third-order valence-electron chi connectivity index (χ3n) is 3.11. The SMILES string of the molecule is COc1ccc(C(=O)C(C#N)=Cc2ccc(C)cc2)cc1. The first-order valence-corrected chi connectivity index (χ1v) is 6.51. The molecule has 0 unspecified atom stereocenters. The number of rotatable bonds is 4. The predicted octanol–water partition coefficient (Wildman–Crippen LogP) is 3.79. The number of aryl methyl sites for hydroxylation is 1. The standard InChI is InChI=1S/C18H15NO2/c1-13-3-5-14(6-4-13)11-16(12-19)18(20)15-7-9-17(21-2)10-8-15/h3-11H,1-2H3. The summed E-state index contributed by atoms with van der Waals surface area (Å²) in [5.41, 5.74) is 2.55. The van der Waals surface area contributed by atoms with Crippen LogP contribution in [-0.2, 0) is 0 Å². The number of hydrogen-bond acceptors (Lipinski definition) is 3. The lowest BCUT2D eigenvalue weighted by Crippen LogP contribution is -2.01. The first-order chi connectivity index (χ1) is 10.1. The molecule has 0 saturated heterocycles. The number of hydrogen-bond donors (Lipinski definition) is 0. The van der Waals surface area contributed by atoms with Crippen molar-refractivity contribution in [3.63, 3.8) is 0 Å². The summed E-state index contributed by atoms with van der Waals surface area (Å²) in [6.07, 6.45) is 1.60. The summed E-state index contributed by atoms with van der Waals surface area (Å²) >= 11 is 0. The zero-order valence-corrected chi connectivity index (χ0v) is 12.0. The van der Waals surface area contributed by atoms with Crippen LogP contribution in [0.25, 0.3) is 6.08 Å². The van der Waals surface area contributed by atoms with E-state index in [2.05, 4.69) is 0 Å². The van der Waals surface area contributed by atoms with Gasteiger partial charge < -0.3 is 4.74 Å². The molecule has 2 aromatic carbocycles. The third kappa shape index (κ3) is 3.58. The van der Waals surface area contributed by atoms with E-state index in [4.69, 9.17) is 4.74 Å². The first kappa shape index (κ1) is 14.5. The smallest absolute Gasteiger partial charge is 0.203 e. The minimum atomic E-state index is -0.291. The van der Waals surface area contributed by atoms with Crippen LogP contribution in [0.2, 0.25) is 0 Å². The second-order valence-electron chi connectivity index (χ2n) is 4.64. The van der Waals surface area contributed by atoms with Gasteiger partial charge in [0, 0.05) is 5.56 Å². The largest absolute Gasteiger partial charge is 0.497 e. The zero-order valence-electron chi connectivity index (χ0n) is 12.0. The van der Waals surface area contributed by atoms with Crippen molar-refractivity contribution in [2.75, 3.05) is 7.11 Å². The average Bonchev–Trinajstić information content (AvgIpc) is 2.54. The Morgan fingerprint density at radius 1 is 1.10 bits per heavy atom. The Labute approximate surface area is 124 Å². The minimum Gasteiger partial charge on any atom is -0.497 e. The summed E-state index contributed by atoms with van der Waals surface area (Å²) in [6, 6.07) is 16.3. The first-order valence-electron chi connectivity index (χ1n) is 6.51. The van der Waals surface area contributed by atoms with Crippen LogP contribution >= 0.6 is 0 Å². The predicted molar refractivity (Wildman–Crippen MR) is 82.1 cm³/mol. The summed E-state index contributed by atoms with van der Waals surface area (Å²) in [6.45, 7) is 1.99. The van der Waals surface area contributed by atoms with Crippen LogP contribution in [0.4, 0.5) is 0 Å². The summed E-state index contributed by atoms with van der Waals surface area (Å²) in [5, 5.41) is 9.21. The third-order valence-corrected chi connectivity index (χ3v) is 3.11. The molecule has 0 spiro atoms. The molecule has 0 aliphatic heterocycles. The lowest BCUT2D eigenvalue weighted by molar-refractivity contribution is 0.104. The molecule has 0 bridgehead atoms. The van der Waals surface area contributed by atoms with Crippen LogP contribution in [0.15, 0.2) is 54.1 Å². The van der Waals surface area contributed by atoms with Crippen LogP contribution in [0.3, 0.4) is 0 Å². The maximum atomic E-state index is 12.3. The maximum Gasteiger partial charge on any atom is 0.203 e. The van der Waals surface area contributed by atoms with E-state index in [-0.39, 0.29) is 11.4 Å². The molecular weight excluding hydrogens is 262 g/mol. The van der Waals surface area contributed by atoms with Gasteiger partial charge in [0.2, 0.25) is 5.78 Å². The summed E-state index contributed by atoms with van der Waals surface area (Å²) in [4.78, 5) is 12.3. The van der Waals surface area contributed by atoms with Gasteiger partial charge in [-0.25, -0.2) is 0 Å². The Kier molecular flexibility index (Phi) is 4.53. The van der Waals surface area contributed by atoms with Gasteiger partial charge >= 0.3 is 0 Å². The van der Waals surface area contributed by atoms with Gasteiger partial charge in [-0.05, 0) is 42.8 Å². The molecule has 0 aliphatic carbocycles. The van der Waals surface area contributed by atoms with Crippen molar-refractivity contribution < 1.29 is 9.53 Å². The van der Waals surface area contributed by atoms with Gasteiger partial charge in [-0.2, -0.15) is 5.26 Å². The van der Waals surface area contributed by atoms with E-state index in [1.165, 1.54) is 0 Å². The molecule has 0 aromatic heterocycles. The van der Waals surface area contributed by atoms with E-state index in [1.807, 2.05) is 37.3 Å². The molecule has 0 atom stereocenters. The molecule has 104 valence electrons. The second kappa shape index (κ2) is 6.53. The molecule has 3 nitrogen and oxygen atoms in total. The number of allylic oxidation sites excluding steroid dienone is 1. The number of ether oxygens (including phenoxy) is 1. The van der Waals surface area contributed by atoms with E-state index in [1.54, 1.807) is 37.5 Å².